The summed E-state index contributed by atoms with van der Waals surface area (Å²) in [5.74, 6) is 0.0347. The van der Waals surface area contributed by atoms with E-state index in [-0.39, 0.29) is 5.91 Å². The molecule has 0 rings (SSSR count). The van der Waals surface area contributed by atoms with Crippen LogP contribution < -0.4 is 0 Å². The third-order valence-electron chi connectivity index (χ3n) is 1.03. The molecule has 4 heteroatoms. The van der Waals surface area contributed by atoms with Crippen molar-refractivity contribution in [2.75, 3.05) is 18.0 Å². The van der Waals surface area contributed by atoms with Gasteiger partial charge in [0.25, 0.3) is 0 Å². The van der Waals surface area contributed by atoms with Crippen LogP contribution in [0.5, 0.6) is 0 Å². The minimum atomic E-state index is -0.896. The van der Waals surface area contributed by atoms with E-state index in [0.29, 0.717) is 11.0 Å². The van der Waals surface area contributed by atoms with Gasteiger partial charge in [0.1, 0.15) is 21.2 Å². The summed E-state index contributed by atoms with van der Waals surface area (Å²) in [5.41, 5.74) is 0. The van der Waals surface area contributed by atoms with Gasteiger partial charge in [0, 0.05) is 24.9 Å². The molecule has 0 aromatic heterocycles. The van der Waals surface area contributed by atoms with E-state index in [0.717, 1.165) is 0 Å². The third kappa shape index (κ3) is 4.50. The topological polar surface area (TPSA) is 37.4 Å². The van der Waals surface area contributed by atoms with Gasteiger partial charge in [0.2, 0.25) is 5.91 Å². The summed E-state index contributed by atoms with van der Waals surface area (Å²) >= 11 is -0.896. The lowest BCUT2D eigenvalue weighted by Gasteiger charge is -2.10. The Hall–Kier alpha value is -0.0000000000000000555. The number of amides is 1. The Labute approximate surface area is 65.1 Å². The van der Waals surface area contributed by atoms with E-state index in [1.807, 2.05) is 0 Å². The van der Waals surface area contributed by atoms with Crippen LogP contribution in [0.3, 0.4) is 0 Å². The van der Waals surface area contributed by atoms with Crippen LogP contribution in [0.25, 0.3) is 0 Å². The molecule has 9 heavy (non-hydrogen) atoms. The highest BCUT2D eigenvalue weighted by Gasteiger charge is 1.98. The van der Waals surface area contributed by atoms with Gasteiger partial charge < -0.3 is 4.90 Å². The molecule has 0 N–H and O–H groups in total. The van der Waals surface area contributed by atoms with Crippen molar-refractivity contribution >= 4 is 27.1 Å². The van der Waals surface area contributed by atoms with Crippen LogP contribution in [0.4, 0.5) is 0 Å². The van der Waals surface area contributed by atoms with Crippen molar-refractivity contribution in [3.8, 4) is 0 Å². The molecule has 0 unspecified atom stereocenters. The Morgan fingerprint density at radius 1 is 1.67 bits per heavy atom. The summed E-state index contributed by atoms with van der Waals surface area (Å²) in [5, 5.41) is 0. The lowest BCUT2D eigenvalue weighted by Crippen LogP contribution is -2.25. The molecule has 0 aliphatic heterocycles. The van der Waals surface area contributed by atoms with E-state index < -0.39 is 21.2 Å². The number of nitrogens with zero attached hydrogens (tertiary/aromatic N) is 1. The van der Waals surface area contributed by atoms with Crippen molar-refractivity contribution in [3.63, 3.8) is 0 Å². The number of hydrogen-bond acceptors (Lipinski definition) is 2. The molecule has 1 amide bonds. The lowest BCUT2D eigenvalue weighted by molar-refractivity contribution is -0.127. The number of rotatable bonds is 3. The summed E-state index contributed by atoms with van der Waals surface area (Å²) in [6.07, 6.45) is 0. The molecule has 0 saturated heterocycles. The fraction of sp³-hybridized carbons (Fsp3) is 0.800. The van der Waals surface area contributed by atoms with Crippen molar-refractivity contribution < 1.29 is 7.86 Å². The Balaban J connectivity index is 3.37. The largest absolute Gasteiger partial charge is 0.345 e. The van der Waals surface area contributed by atoms with Gasteiger partial charge in [0.05, 0.1) is 0 Å². The van der Waals surface area contributed by atoms with Crippen molar-refractivity contribution in [1.82, 2.24) is 4.90 Å². The summed E-state index contributed by atoms with van der Waals surface area (Å²) in [6, 6.07) is 0. The van der Waals surface area contributed by atoms with Crippen LogP contribution in [0.2, 0.25) is 0 Å². The summed E-state index contributed by atoms with van der Waals surface area (Å²) in [6.45, 7) is 2.13. The second-order valence-electron chi connectivity index (χ2n) is 1.74. The highest BCUT2D eigenvalue weighted by molar-refractivity contribution is 14.1. The molecule has 0 heterocycles. The van der Waals surface area contributed by atoms with Crippen LogP contribution in [-0.4, -0.2) is 28.8 Å². The average molecular weight is 243 g/mol. The van der Waals surface area contributed by atoms with E-state index in [2.05, 4.69) is 0 Å². The van der Waals surface area contributed by atoms with Crippen LogP contribution in [0.15, 0.2) is 0 Å². The minimum absolute atomic E-state index is 0.0347. The zero-order valence-corrected chi connectivity index (χ0v) is 7.71. The number of alkyl halides is 1. The van der Waals surface area contributed by atoms with E-state index >= 15 is 0 Å². The van der Waals surface area contributed by atoms with Gasteiger partial charge in [-0.15, -0.1) is 0 Å². The molecule has 0 aliphatic carbocycles. The first-order valence-corrected chi connectivity index (χ1v) is 5.02. The van der Waals surface area contributed by atoms with Gasteiger partial charge in [-0.25, -0.2) is 0 Å². The van der Waals surface area contributed by atoms with E-state index in [1.165, 1.54) is 6.92 Å². The first-order chi connectivity index (χ1) is 4.18. The molecule has 0 fully saturated rings. The molecule has 0 radical (unpaired) electrons. The molecule has 0 bridgehead atoms. The van der Waals surface area contributed by atoms with Crippen LogP contribution >= 0.6 is 21.2 Å². The maximum Gasteiger partial charge on any atom is 0.219 e. The molecule has 0 aromatic rings. The summed E-state index contributed by atoms with van der Waals surface area (Å²) in [7, 11) is 1.71. The second-order valence-corrected chi connectivity index (χ2v) is 3.44. The highest BCUT2D eigenvalue weighted by atomic mass is 127. The normalized spacial score (nSPS) is 9.11. The SMILES string of the molecule is CC(=O)N(C)CCI=O. The summed E-state index contributed by atoms with van der Waals surface area (Å²) in [4.78, 5) is 12.1. The molecule has 0 atom stereocenters. The number of carbonyl (C=O) groups is 1. The predicted octanol–water partition coefficient (Wildman–Crippen LogP) is 0.781. The average Bonchev–Trinajstić information content (AvgIpc) is 1.82. The van der Waals surface area contributed by atoms with Gasteiger partial charge in [0.15, 0.2) is 0 Å². The zero-order valence-electron chi connectivity index (χ0n) is 5.56. The first kappa shape index (κ1) is 9.00. The first-order valence-electron chi connectivity index (χ1n) is 2.61. The number of hydrogen-bond donors (Lipinski definition) is 0. The smallest absolute Gasteiger partial charge is 0.219 e. The fourth-order valence-corrected chi connectivity index (χ4v) is 1.24. The van der Waals surface area contributed by atoms with E-state index in [1.54, 1.807) is 11.9 Å². The number of halogens is 1. The summed E-state index contributed by atoms with van der Waals surface area (Å²) < 4.78 is 10.7. The third-order valence-corrected chi connectivity index (χ3v) is 1.96. The van der Waals surface area contributed by atoms with Crippen molar-refractivity contribution in [3.05, 3.63) is 0 Å². The second kappa shape index (κ2) is 4.84. The van der Waals surface area contributed by atoms with Gasteiger partial charge >= 0.3 is 0 Å². The molecule has 3 nitrogen and oxygen atoms in total. The molecular weight excluding hydrogens is 233 g/mol. The fourth-order valence-electron chi connectivity index (χ4n) is 0.319. The van der Waals surface area contributed by atoms with Gasteiger partial charge in [-0.1, -0.05) is 0 Å². The highest BCUT2D eigenvalue weighted by Crippen LogP contribution is 1.92. The van der Waals surface area contributed by atoms with Crippen LogP contribution in [0, 0.1) is 0 Å². The van der Waals surface area contributed by atoms with Crippen molar-refractivity contribution in [2.45, 2.75) is 6.92 Å². The molecular formula is C5H10INO2. The predicted molar refractivity (Wildman–Crippen MR) is 42.9 cm³/mol. The maximum absolute atomic E-state index is 10.5. The van der Waals surface area contributed by atoms with E-state index in [4.69, 9.17) is 0 Å². The van der Waals surface area contributed by atoms with Crippen molar-refractivity contribution in [2.24, 2.45) is 0 Å². The van der Waals surface area contributed by atoms with Gasteiger partial charge in [-0.2, -0.15) is 0 Å². The minimum Gasteiger partial charge on any atom is -0.345 e. The van der Waals surface area contributed by atoms with Crippen molar-refractivity contribution in [1.29, 1.82) is 0 Å². The Kier molecular flexibility index (Phi) is 4.84. The monoisotopic (exact) mass is 243 g/mol. The van der Waals surface area contributed by atoms with Gasteiger partial charge in [-0.3, -0.25) is 7.86 Å². The molecule has 54 valence electrons. The van der Waals surface area contributed by atoms with Crippen LogP contribution in [-0.2, 0) is 7.86 Å². The van der Waals surface area contributed by atoms with E-state index in [9.17, 15) is 7.86 Å². The Morgan fingerprint density at radius 2 is 2.22 bits per heavy atom. The quantitative estimate of drug-likeness (QED) is 0.542. The number of carbonyl (C=O) groups excluding carboxylic acids is 1. The standard InChI is InChI=1S/C5H10INO2/c1-5(8)7(2)4-3-6-9/h3-4H2,1-2H3. The maximum atomic E-state index is 10.5. The molecule has 0 aromatic carbocycles. The Bertz CT molecular complexity index is 116. The van der Waals surface area contributed by atoms with Crippen LogP contribution in [0.1, 0.15) is 6.92 Å². The molecule has 0 saturated carbocycles. The zero-order chi connectivity index (χ0) is 7.28. The molecule has 0 aliphatic rings. The molecule has 0 spiro atoms. The lowest BCUT2D eigenvalue weighted by atomic mass is 10.6. The van der Waals surface area contributed by atoms with Gasteiger partial charge in [-0.05, 0) is 0 Å². The Morgan fingerprint density at radius 3 is 2.56 bits per heavy atom.